The van der Waals surface area contributed by atoms with Crippen LogP contribution in [0.2, 0.25) is 5.02 Å². The van der Waals surface area contributed by atoms with E-state index >= 15 is 0 Å². The minimum atomic E-state index is -0.271. The normalized spacial score (nSPS) is 18.1. The predicted octanol–water partition coefficient (Wildman–Crippen LogP) is 8.68. The van der Waals surface area contributed by atoms with Gasteiger partial charge >= 0.3 is 0 Å². The molecule has 1 amide bonds. The number of rotatable bonds is 7. The molecule has 0 radical (unpaired) electrons. The van der Waals surface area contributed by atoms with Crippen LogP contribution in [0.5, 0.6) is 0 Å². The van der Waals surface area contributed by atoms with E-state index in [0.717, 1.165) is 74.0 Å². The Balaban J connectivity index is 1.21. The summed E-state index contributed by atoms with van der Waals surface area (Å²) in [6, 6.07) is 16.8. The van der Waals surface area contributed by atoms with E-state index in [1.54, 1.807) is 30.4 Å². The van der Waals surface area contributed by atoms with E-state index in [0.29, 0.717) is 42.3 Å². The van der Waals surface area contributed by atoms with Crippen molar-refractivity contribution in [1.29, 1.82) is 0 Å². The van der Waals surface area contributed by atoms with Gasteiger partial charge < -0.3 is 14.6 Å². The minimum absolute atomic E-state index is 0.00839. The van der Waals surface area contributed by atoms with Gasteiger partial charge in [0, 0.05) is 35.1 Å². The lowest BCUT2D eigenvalue weighted by molar-refractivity contribution is 0.0776. The van der Waals surface area contributed by atoms with Gasteiger partial charge in [-0.15, -0.1) is 21.5 Å². The SMILES string of the molecule is Cc1nnc(-c2c(CCc3ccc(F)cc3)nc3c(c2-c2cc4ccnc(N[C@@H]5CCc6ccc(Cl)cc65)c4s2)C(=O)N2CCCC32)o1. The van der Waals surface area contributed by atoms with Crippen molar-refractivity contribution < 1.29 is 13.6 Å². The average molecular weight is 677 g/mol. The van der Waals surface area contributed by atoms with Crippen molar-refractivity contribution in [2.45, 2.75) is 57.5 Å². The summed E-state index contributed by atoms with van der Waals surface area (Å²) >= 11 is 7.98. The number of halogens is 2. The van der Waals surface area contributed by atoms with Crippen molar-refractivity contribution in [2.24, 2.45) is 0 Å². The zero-order valence-corrected chi connectivity index (χ0v) is 27.7. The van der Waals surface area contributed by atoms with Crippen LogP contribution in [0.4, 0.5) is 10.2 Å². The maximum atomic E-state index is 14.2. The summed E-state index contributed by atoms with van der Waals surface area (Å²) in [5.74, 6) is 1.28. The summed E-state index contributed by atoms with van der Waals surface area (Å²) in [6.07, 6.45) is 6.75. The molecule has 1 fully saturated rings. The number of hydrogen-bond acceptors (Lipinski definition) is 8. The Morgan fingerprint density at radius 2 is 1.92 bits per heavy atom. The molecule has 9 rings (SSSR count). The predicted molar refractivity (Wildman–Crippen MR) is 184 cm³/mol. The molecule has 240 valence electrons. The molecular weight excluding hydrogens is 647 g/mol. The quantitative estimate of drug-likeness (QED) is 0.181. The van der Waals surface area contributed by atoms with Crippen LogP contribution in [-0.4, -0.2) is 37.5 Å². The Hall–Kier alpha value is -4.67. The summed E-state index contributed by atoms with van der Waals surface area (Å²) in [7, 11) is 0. The molecule has 3 aliphatic rings. The zero-order valence-electron chi connectivity index (χ0n) is 26.1. The molecule has 2 atom stereocenters. The van der Waals surface area contributed by atoms with Crippen molar-refractivity contribution in [3.63, 3.8) is 0 Å². The van der Waals surface area contributed by atoms with Crippen LogP contribution in [0.15, 0.2) is 65.2 Å². The van der Waals surface area contributed by atoms with Gasteiger partial charge in [0.2, 0.25) is 11.8 Å². The topological polar surface area (TPSA) is 97.0 Å². The van der Waals surface area contributed by atoms with Crippen molar-refractivity contribution in [2.75, 3.05) is 11.9 Å². The van der Waals surface area contributed by atoms with Crippen LogP contribution in [-0.2, 0) is 19.3 Å². The number of amides is 1. The number of carbonyl (C=O) groups excluding carboxylic acids is 1. The van der Waals surface area contributed by atoms with Gasteiger partial charge in [-0.2, -0.15) is 0 Å². The molecule has 48 heavy (non-hydrogen) atoms. The molecule has 1 unspecified atom stereocenters. The number of aromatic nitrogens is 4. The van der Waals surface area contributed by atoms with Gasteiger partial charge in [0.15, 0.2) is 0 Å². The molecule has 11 heteroatoms. The molecule has 2 aromatic carbocycles. The fourth-order valence-corrected chi connectivity index (χ4v) is 8.94. The van der Waals surface area contributed by atoms with Gasteiger partial charge in [0.05, 0.1) is 39.3 Å². The zero-order chi connectivity index (χ0) is 32.5. The first kappa shape index (κ1) is 29.5. The molecule has 6 aromatic rings. The molecule has 8 nitrogen and oxygen atoms in total. The lowest BCUT2D eigenvalue weighted by atomic mass is 9.93. The minimum Gasteiger partial charge on any atom is -0.421 e. The van der Waals surface area contributed by atoms with E-state index in [4.69, 9.17) is 26.0 Å². The van der Waals surface area contributed by atoms with Gasteiger partial charge in [-0.1, -0.05) is 29.8 Å². The van der Waals surface area contributed by atoms with Crippen molar-refractivity contribution in [1.82, 2.24) is 25.1 Å². The second kappa shape index (κ2) is 11.5. The second-order valence-corrected chi connectivity index (χ2v) is 14.2. The van der Waals surface area contributed by atoms with E-state index in [9.17, 15) is 9.18 Å². The summed E-state index contributed by atoms with van der Waals surface area (Å²) in [6.45, 7) is 2.46. The molecule has 1 N–H and O–H groups in total. The van der Waals surface area contributed by atoms with Gasteiger partial charge in [0.1, 0.15) is 11.6 Å². The van der Waals surface area contributed by atoms with Crippen LogP contribution >= 0.6 is 22.9 Å². The Labute approximate surface area is 285 Å². The molecule has 0 saturated carbocycles. The highest BCUT2D eigenvalue weighted by molar-refractivity contribution is 7.23. The number of aryl methyl sites for hydroxylation is 4. The maximum Gasteiger partial charge on any atom is 0.257 e. The van der Waals surface area contributed by atoms with Crippen LogP contribution < -0.4 is 5.32 Å². The number of thiophene rings is 1. The molecular formula is C37H30ClFN6O2S. The summed E-state index contributed by atoms with van der Waals surface area (Å²) in [5, 5.41) is 14.1. The highest BCUT2D eigenvalue weighted by Crippen LogP contribution is 2.50. The van der Waals surface area contributed by atoms with E-state index in [1.807, 2.05) is 29.3 Å². The summed E-state index contributed by atoms with van der Waals surface area (Å²) in [4.78, 5) is 27.1. The van der Waals surface area contributed by atoms with Gasteiger partial charge in [0.25, 0.3) is 5.91 Å². The number of pyridine rings is 2. The Morgan fingerprint density at radius 3 is 2.75 bits per heavy atom. The molecule has 6 heterocycles. The number of nitrogens with zero attached hydrogens (tertiary/aromatic N) is 5. The molecule has 2 aliphatic heterocycles. The van der Waals surface area contributed by atoms with Gasteiger partial charge in [-0.05, 0) is 97.0 Å². The first-order valence-corrected chi connectivity index (χ1v) is 17.5. The van der Waals surface area contributed by atoms with E-state index in [-0.39, 0.29) is 23.8 Å². The fraction of sp³-hybridized carbons (Fsp3) is 0.270. The first-order valence-electron chi connectivity index (χ1n) is 16.3. The van der Waals surface area contributed by atoms with E-state index in [2.05, 4.69) is 27.6 Å². The van der Waals surface area contributed by atoms with E-state index in [1.165, 1.54) is 23.3 Å². The van der Waals surface area contributed by atoms with Crippen LogP contribution in [0.3, 0.4) is 0 Å². The Kier molecular flexibility index (Phi) is 7.05. The number of anilines is 1. The highest BCUT2D eigenvalue weighted by Gasteiger charge is 2.45. The van der Waals surface area contributed by atoms with Crippen LogP contribution in [0, 0.1) is 12.7 Å². The Bertz CT molecular complexity index is 2250. The number of carbonyl (C=O) groups is 1. The third-order valence-electron chi connectivity index (χ3n) is 9.82. The Morgan fingerprint density at radius 1 is 1.04 bits per heavy atom. The first-order chi connectivity index (χ1) is 23.4. The molecule has 4 aromatic heterocycles. The second-order valence-electron chi connectivity index (χ2n) is 12.7. The number of fused-ring (bicyclic) bond motifs is 5. The lowest BCUT2D eigenvalue weighted by Gasteiger charge is -2.16. The van der Waals surface area contributed by atoms with Crippen molar-refractivity contribution in [3.8, 4) is 21.9 Å². The van der Waals surface area contributed by atoms with Crippen molar-refractivity contribution in [3.05, 3.63) is 111 Å². The smallest absolute Gasteiger partial charge is 0.257 e. The van der Waals surface area contributed by atoms with Crippen molar-refractivity contribution >= 4 is 44.7 Å². The molecule has 1 saturated heterocycles. The average Bonchev–Trinajstić information content (AvgIpc) is 3.92. The third kappa shape index (κ3) is 4.88. The summed E-state index contributed by atoms with van der Waals surface area (Å²) in [5.41, 5.74) is 7.17. The molecule has 0 bridgehead atoms. The number of benzene rings is 2. The maximum absolute atomic E-state index is 14.2. The number of nitrogens with one attached hydrogen (secondary N) is 1. The largest absolute Gasteiger partial charge is 0.421 e. The lowest BCUT2D eigenvalue weighted by Crippen LogP contribution is -2.22. The van der Waals surface area contributed by atoms with Crippen LogP contribution in [0.25, 0.3) is 32.0 Å². The highest BCUT2D eigenvalue weighted by atomic mass is 35.5. The standard InChI is InChI=1S/C37H30ClFN6O2S/c1-19-43-44-36(47-19)30-27(12-6-20-4-10-24(39)11-5-20)41-33-28-3-2-16-45(28)37(46)32(33)31(30)29-17-22-14-15-40-35(34(22)48-29)42-26-13-8-21-7-9-23(38)18-25(21)26/h4-5,7,9-11,14-15,17-18,26,28H,2-3,6,8,12-13,16H2,1H3,(H,40,42)/t26-,28?/m1/s1. The fourth-order valence-electron chi connectivity index (χ4n) is 7.60. The third-order valence-corrected chi connectivity index (χ3v) is 11.2. The van der Waals surface area contributed by atoms with Crippen LogP contribution in [0.1, 0.15) is 75.7 Å². The van der Waals surface area contributed by atoms with Gasteiger partial charge in [-0.3, -0.25) is 9.78 Å². The molecule has 1 aliphatic carbocycles. The number of hydrogen-bond donors (Lipinski definition) is 1. The van der Waals surface area contributed by atoms with E-state index < -0.39 is 0 Å². The monoisotopic (exact) mass is 676 g/mol. The molecule has 0 spiro atoms. The summed E-state index contributed by atoms with van der Waals surface area (Å²) < 4.78 is 20.8. The van der Waals surface area contributed by atoms with Gasteiger partial charge in [-0.25, -0.2) is 9.37 Å².